The molecular weight excluding hydrogens is 381 g/mol. The molecule has 1 saturated heterocycles. The maximum atomic E-state index is 13.2. The highest BCUT2D eigenvalue weighted by Crippen LogP contribution is 2.29. The van der Waals surface area contributed by atoms with Crippen LogP contribution in [0.3, 0.4) is 0 Å². The fourth-order valence-corrected chi connectivity index (χ4v) is 4.19. The van der Waals surface area contributed by atoms with Gasteiger partial charge >= 0.3 is 0 Å². The van der Waals surface area contributed by atoms with Crippen molar-refractivity contribution >= 4 is 5.52 Å². The standard InChI is InChI=1S/C23H20FN5O/c24-19-8-6-16(7-9-19)22-26-23(30-27-22)17-4-3-10-28(13-17)14-18-15-29-11-2-1-5-21(29)20(18)12-25/h1-2,5-9,11,15,17H,3-4,10,13-14H2. The maximum Gasteiger partial charge on any atom is 0.231 e. The Balaban J connectivity index is 1.33. The minimum absolute atomic E-state index is 0.142. The van der Waals surface area contributed by atoms with Gasteiger partial charge in [-0.25, -0.2) is 4.39 Å². The molecule has 7 heteroatoms. The summed E-state index contributed by atoms with van der Waals surface area (Å²) < 4.78 is 20.7. The van der Waals surface area contributed by atoms with Crippen molar-refractivity contribution < 1.29 is 8.91 Å². The average Bonchev–Trinajstić information content (AvgIpc) is 3.39. The molecule has 1 aliphatic heterocycles. The van der Waals surface area contributed by atoms with Gasteiger partial charge in [-0.3, -0.25) is 4.90 Å². The van der Waals surface area contributed by atoms with Crippen molar-refractivity contribution in [1.29, 1.82) is 5.26 Å². The van der Waals surface area contributed by atoms with Gasteiger partial charge in [-0.2, -0.15) is 10.2 Å². The SMILES string of the molecule is N#Cc1c(CN2CCCC(c3nc(-c4ccc(F)cc4)no3)C2)cn2ccccc12. The topological polar surface area (TPSA) is 70.4 Å². The predicted molar refractivity (Wildman–Crippen MR) is 109 cm³/mol. The number of likely N-dealkylation sites (tertiary alicyclic amines) is 1. The lowest BCUT2D eigenvalue weighted by Gasteiger charge is -2.30. The third kappa shape index (κ3) is 3.46. The number of rotatable bonds is 4. The van der Waals surface area contributed by atoms with Gasteiger partial charge in [0.15, 0.2) is 0 Å². The number of hydrogen-bond donors (Lipinski definition) is 0. The monoisotopic (exact) mass is 401 g/mol. The van der Waals surface area contributed by atoms with Crippen LogP contribution >= 0.6 is 0 Å². The van der Waals surface area contributed by atoms with E-state index in [4.69, 9.17) is 4.52 Å². The van der Waals surface area contributed by atoms with Gasteiger partial charge in [0.1, 0.15) is 11.9 Å². The molecule has 0 N–H and O–H groups in total. The molecule has 3 aromatic heterocycles. The largest absolute Gasteiger partial charge is 0.339 e. The molecule has 1 atom stereocenters. The van der Waals surface area contributed by atoms with Crippen LogP contribution < -0.4 is 0 Å². The molecule has 1 aliphatic rings. The number of fused-ring (bicyclic) bond motifs is 1. The zero-order valence-corrected chi connectivity index (χ0v) is 16.3. The van der Waals surface area contributed by atoms with Gasteiger partial charge in [0.2, 0.25) is 11.7 Å². The Labute approximate surface area is 173 Å². The molecule has 0 saturated carbocycles. The van der Waals surface area contributed by atoms with Crippen LogP contribution in [0.2, 0.25) is 0 Å². The summed E-state index contributed by atoms with van der Waals surface area (Å²) >= 11 is 0. The number of pyridine rings is 1. The van der Waals surface area contributed by atoms with Crippen LogP contribution in [0, 0.1) is 17.1 Å². The molecule has 5 rings (SSSR count). The molecule has 1 unspecified atom stereocenters. The van der Waals surface area contributed by atoms with Crippen molar-refractivity contribution in [2.24, 2.45) is 0 Å². The van der Waals surface area contributed by atoms with E-state index in [9.17, 15) is 9.65 Å². The van der Waals surface area contributed by atoms with Gasteiger partial charge in [-0.15, -0.1) is 0 Å². The molecule has 0 spiro atoms. The predicted octanol–water partition coefficient (Wildman–Crippen LogP) is 4.38. The van der Waals surface area contributed by atoms with E-state index in [-0.39, 0.29) is 11.7 Å². The normalized spacial score (nSPS) is 17.3. The summed E-state index contributed by atoms with van der Waals surface area (Å²) in [4.78, 5) is 6.90. The molecule has 1 fully saturated rings. The molecule has 1 aromatic carbocycles. The van der Waals surface area contributed by atoms with Crippen molar-refractivity contribution in [1.82, 2.24) is 19.4 Å². The highest BCUT2D eigenvalue weighted by molar-refractivity contribution is 5.65. The molecule has 0 aliphatic carbocycles. The Morgan fingerprint density at radius 3 is 2.90 bits per heavy atom. The first kappa shape index (κ1) is 18.5. The highest BCUT2D eigenvalue weighted by atomic mass is 19.1. The summed E-state index contributed by atoms with van der Waals surface area (Å²) in [5.74, 6) is 0.942. The van der Waals surface area contributed by atoms with Gasteiger partial charge in [-0.05, 0) is 55.8 Å². The summed E-state index contributed by atoms with van der Waals surface area (Å²) in [6.45, 7) is 2.47. The van der Waals surface area contributed by atoms with Crippen LogP contribution in [0.1, 0.15) is 35.8 Å². The Bertz CT molecular complexity index is 1220. The molecule has 30 heavy (non-hydrogen) atoms. The molecule has 4 heterocycles. The van der Waals surface area contributed by atoms with E-state index in [2.05, 4.69) is 21.1 Å². The second kappa shape index (κ2) is 7.73. The molecule has 0 radical (unpaired) electrons. The van der Waals surface area contributed by atoms with Crippen molar-refractivity contribution in [3.63, 3.8) is 0 Å². The fraction of sp³-hybridized carbons (Fsp3) is 0.261. The average molecular weight is 401 g/mol. The van der Waals surface area contributed by atoms with E-state index in [1.807, 2.05) is 35.0 Å². The van der Waals surface area contributed by atoms with Crippen LogP contribution in [-0.2, 0) is 6.54 Å². The lowest BCUT2D eigenvalue weighted by Crippen LogP contribution is -2.34. The maximum absolute atomic E-state index is 13.2. The number of nitriles is 1. The first-order chi connectivity index (χ1) is 14.7. The molecule has 0 bridgehead atoms. The van der Waals surface area contributed by atoms with Gasteiger partial charge in [0.25, 0.3) is 0 Å². The summed E-state index contributed by atoms with van der Waals surface area (Å²) in [6.07, 6.45) is 6.00. The molecular formula is C23H20FN5O. The van der Waals surface area contributed by atoms with Crippen LogP contribution in [0.25, 0.3) is 16.9 Å². The van der Waals surface area contributed by atoms with Gasteiger partial charge in [0, 0.05) is 36.6 Å². The molecule has 0 amide bonds. The number of piperidine rings is 1. The van der Waals surface area contributed by atoms with Crippen molar-refractivity contribution in [2.45, 2.75) is 25.3 Å². The van der Waals surface area contributed by atoms with Gasteiger partial charge in [-0.1, -0.05) is 11.2 Å². The Hall–Kier alpha value is -3.50. The smallest absolute Gasteiger partial charge is 0.231 e. The quantitative estimate of drug-likeness (QED) is 0.508. The molecule has 150 valence electrons. The molecule has 4 aromatic rings. The molecule has 6 nitrogen and oxygen atoms in total. The van der Waals surface area contributed by atoms with Gasteiger partial charge in [0.05, 0.1) is 17.0 Å². The second-order valence-electron chi connectivity index (χ2n) is 7.67. The minimum Gasteiger partial charge on any atom is -0.339 e. The summed E-state index contributed by atoms with van der Waals surface area (Å²) in [7, 11) is 0. The first-order valence-corrected chi connectivity index (χ1v) is 10.0. The van der Waals surface area contributed by atoms with E-state index < -0.39 is 0 Å². The van der Waals surface area contributed by atoms with Crippen molar-refractivity contribution in [3.8, 4) is 17.5 Å². The Morgan fingerprint density at radius 2 is 2.07 bits per heavy atom. The fourth-order valence-electron chi connectivity index (χ4n) is 4.19. The highest BCUT2D eigenvalue weighted by Gasteiger charge is 2.27. The van der Waals surface area contributed by atoms with E-state index in [1.54, 1.807) is 12.1 Å². The van der Waals surface area contributed by atoms with Crippen LogP contribution in [0.15, 0.2) is 59.4 Å². The van der Waals surface area contributed by atoms with E-state index >= 15 is 0 Å². The van der Waals surface area contributed by atoms with Crippen molar-refractivity contribution in [2.75, 3.05) is 13.1 Å². The first-order valence-electron chi connectivity index (χ1n) is 10.0. The Kier molecular flexibility index (Phi) is 4.77. The number of nitrogens with zero attached hydrogens (tertiary/aromatic N) is 5. The van der Waals surface area contributed by atoms with Crippen LogP contribution in [0.4, 0.5) is 4.39 Å². The summed E-state index contributed by atoms with van der Waals surface area (Å²) in [6, 6.07) is 14.3. The lowest BCUT2D eigenvalue weighted by molar-refractivity contribution is 0.180. The summed E-state index contributed by atoms with van der Waals surface area (Å²) in [5.41, 5.74) is 3.43. The third-order valence-electron chi connectivity index (χ3n) is 5.67. The number of benzene rings is 1. The van der Waals surface area contributed by atoms with E-state index in [1.165, 1.54) is 12.1 Å². The zero-order chi connectivity index (χ0) is 20.5. The van der Waals surface area contributed by atoms with Crippen molar-refractivity contribution in [3.05, 3.63) is 77.7 Å². The van der Waals surface area contributed by atoms with Gasteiger partial charge < -0.3 is 8.92 Å². The number of halogens is 1. The lowest BCUT2D eigenvalue weighted by atomic mass is 9.97. The van der Waals surface area contributed by atoms with Crippen LogP contribution in [-0.4, -0.2) is 32.5 Å². The van der Waals surface area contributed by atoms with Crippen LogP contribution in [0.5, 0.6) is 0 Å². The number of aromatic nitrogens is 3. The number of hydrogen-bond acceptors (Lipinski definition) is 5. The van der Waals surface area contributed by atoms with E-state index in [0.29, 0.717) is 18.3 Å². The van der Waals surface area contributed by atoms with E-state index in [0.717, 1.165) is 48.1 Å². The zero-order valence-electron chi connectivity index (χ0n) is 16.3. The third-order valence-corrected chi connectivity index (χ3v) is 5.67. The second-order valence-corrected chi connectivity index (χ2v) is 7.67. The Morgan fingerprint density at radius 1 is 1.20 bits per heavy atom. The minimum atomic E-state index is -0.291. The summed E-state index contributed by atoms with van der Waals surface area (Å²) in [5, 5.41) is 13.7.